The fourth-order valence-electron chi connectivity index (χ4n) is 1.23. The second-order valence-electron chi connectivity index (χ2n) is 3.39. The summed E-state index contributed by atoms with van der Waals surface area (Å²) in [6, 6.07) is 6.28. The summed E-state index contributed by atoms with van der Waals surface area (Å²) in [6.07, 6.45) is 0.388. The van der Waals surface area contributed by atoms with Gasteiger partial charge in [0.15, 0.2) is 0 Å². The monoisotopic (exact) mass is 226 g/mol. The first-order valence-corrected chi connectivity index (χ1v) is 4.96. The van der Waals surface area contributed by atoms with Gasteiger partial charge in [0.2, 0.25) is 5.91 Å². The normalized spacial score (nSPS) is 12.1. The molecule has 0 unspecified atom stereocenters. The second-order valence-corrected chi connectivity index (χ2v) is 3.39. The van der Waals surface area contributed by atoms with Gasteiger partial charge in [0.1, 0.15) is 19.0 Å². The number of hydrogen-bond acceptors (Lipinski definition) is 3. The summed E-state index contributed by atoms with van der Waals surface area (Å²) in [5.74, 6) is 0.0619. The van der Waals surface area contributed by atoms with Gasteiger partial charge in [-0.05, 0) is 24.1 Å². The molecule has 0 heterocycles. The number of nitrogens with two attached hydrogens (primary N) is 2. The van der Waals surface area contributed by atoms with Gasteiger partial charge in [0.05, 0.1) is 6.04 Å². The standard InChI is InChI=1S/C11H15FN2O2/c12-5-6-16-9-3-1-8(2-4-9)7-10(13)11(14)15/h1-4,10H,5-7,13H2,(H2,14,15)/t10-/m0/s1. The molecule has 0 radical (unpaired) electrons. The van der Waals surface area contributed by atoms with E-state index in [1.807, 2.05) is 0 Å². The Bertz CT molecular complexity index is 340. The van der Waals surface area contributed by atoms with Crippen LogP contribution >= 0.6 is 0 Å². The van der Waals surface area contributed by atoms with Gasteiger partial charge >= 0.3 is 0 Å². The topological polar surface area (TPSA) is 78.3 Å². The van der Waals surface area contributed by atoms with Crippen LogP contribution in [0.15, 0.2) is 24.3 Å². The zero-order valence-corrected chi connectivity index (χ0v) is 8.86. The lowest BCUT2D eigenvalue weighted by atomic mass is 10.1. The van der Waals surface area contributed by atoms with Gasteiger partial charge in [-0.25, -0.2) is 4.39 Å². The highest BCUT2D eigenvalue weighted by Gasteiger charge is 2.09. The van der Waals surface area contributed by atoms with Crippen molar-refractivity contribution in [2.45, 2.75) is 12.5 Å². The SMILES string of the molecule is NC(=O)[C@@H](N)Cc1ccc(OCCF)cc1. The molecule has 1 rings (SSSR count). The summed E-state index contributed by atoms with van der Waals surface area (Å²) in [5.41, 5.74) is 11.4. The first-order valence-electron chi connectivity index (χ1n) is 4.96. The molecule has 1 atom stereocenters. The minimum atomic E-state index is -0.683. The lowest BCUT2D eigenvalue weighted by Gasteiger charge is -2.08. The molecule has 1 aromatic carbocycles. The third-order valence-corrected chi connectivity index (χ3v) is 2.09. The molecule has 0 saturated heterocycles. The fraction of sp³-hybridized carbons (Fsp3) is 0.364. The van der Waals surface area contributed by atoms with Crippen molar-refractivity contribution in [3.05, 3.63) is 29.8 Å². The molecule has 0 aromatic heterocycles. The zero-order chi connectivity index (χ0) is 12.0. The van der Waals surface area contributed by atoms with Crippen molar-refractivity contribution in [1.82, 2.24) is 0 Å². The number of rotatable bonds is 6. The zero-order valence-electron chi connectivity index (χ0n) is 8.86. The molecule has 0 saturated carbocycles. The molecule has 4 N–H and O–H groups in total. The van der Waals surface area contributed by atoms with Crippen molar-refractivity contribution in [3.63, 3.8) is 0 Å². The van der Waals surface area contributed by atoms with Crippen molar-refractivity contribution in [3.8, 4) is 5.75 Å². The van der Waals surface area contributed by atoms with E-state index >= 15 is 0 Å². The third kappa shape index (κ3) is 3.86. The summed E-state index contributed by atoms with van der Waals surface area (Å²) in [7, 11) is 0. The molecule has 5 heteroatoms. The van der Waals surface area contributed by atoms with Gasteiger partial charge in [-0.15, -0.1) is 0 Å². The highest BCUT2D eigenvalue weighted by atomic mass is 19.1. The van der Waals surface area contributed by atoms with E-state index in [1.54, 1.807) is 24.3 Å². The first-order chi connectivity index (χ1) is 7.63. The molecule has 0 aliphatic rings. The number of amides is 1. The van der Waals surface area contributed by atoms with E-state index in [1.165, 1.54) is 0 Å². The van der Waals surface area contributed by atoms with E-state index in [0.29, 0.717) is 12.2 Å². The minimum absolute atomic E-state index is 0.0418. The summed E-state index contributed by atoms with van der Waals surface area (Å²) in [5, 5.41) is 0. The van der Waals surface area contributed by atoms with Crippen molar-refractivity contribution >= 4 is 5.91 Å². The average molecular weight is 226 g/mol. The van der Waals surface area contributed by atoms with Crippen LogP contribution < -0.4 is 16.2 Å². The van der Waals surface area contributed by atoms with Crippen molar-refractivity contribution < 1.29 is 13.9 Å². The Balaban J connectivity index is 2.54. The number of alkyl halides is 1. The molecule has 0 bridgehead atoms. The van der Waals surface area contributed by atoms with E-state index < -0.39 is 18.6 Å². The Kier molecular flexibility index (Phi) is 4.72. The van der Waals surface area contributed by atoms with Gasteiger partial charge in [-0.2, -0.15) is 0 Å². The van der Waals surface area contributed by atoms with E-state index in [4.69, 9.17) is 16.2 Å². The van der Waals surface area contributed by atoms with Gasteiger partial charge in [0, 0.05) is 0 Å². The van der Waals surface area contributed by atoms with Crippen LogP contribution in [0.5, 0.6) is 5.75 Å². The number of halogens is 1. The molecular weight excluding hydrogens is 211 g/mol. The Morgan fingerprint density at radius 1 is 1.38 bits per heavy atom. The van der Waals surface area contributed by atoms with Crippen LogP contribution in [0, 0.1) is 0 Å². The maximum absolute atomic E-state index is 11.8. The lowest BCUT2D eigenvalue weighted by Crippen LogP contribution is -2.38. The lowest BCUT2D eigenvalue weighted by molar-refractivity contribution is -0.119. The van der Waals surface area contributed by atoms with Crippen molar-refractivity contribution in [1.29, 1.82) is 0 Å². The number of primary amides is 1. The highest BCUT2D eigenvalue weighted by molar-refractivity contribution is 5.79. The number of benzene rings is 1. The maximum Gasteiger partial charge on any atom is 0.234 e. The van der Waals surface area contributed by atoms with E-state index in [-0.39, 0.29) is 6.61 Å². The Morgan fingerprint density at radius 2 is 2.00 bits per heavy atom. The maximum atomic E-state index is 11.8. The fourth-order valence-corrected chi connectivity index (χ4v) is 1.23. The quantitative estimate of drug-likeness (QED) is 0.736. The molecule has 16 heavy (non-hydrogen) atoms. The molecule has 0 aliphatic heterocycles. The van der Waals surface area contributed by atoms with Crippen molar-refractivity contribution in [2.75, 3.05) is 13.3 Å². The van der Waals surface area contributed by atoms with Gasteiger partial charge in [-0.3, -0.25) is 4.79 Å². The van der Waals surface area contributed by atoms with E-state index in [2.05, 4.69) is 0 Å². The highest BCUT2D eigenvalue weighted by Crippen LogP contribution is 2.13. The Hall–Kier alpha value is -1.62. The summed E-state index contributed by atoms with van der Waals surface area (Å²) < 4.78 is 16.9. The molecule has 1 aromatic rings. The molecule has 0 aliphatic carbocycles. The van der Waals surface area contributed by atoms with E-state index in [0.717, 1.165) is 5.56 Å². The first kappa shape index (κ1) is 12.4. The summed E-state index contributed by atoms with van der Waals surface area (Å²) in [4.78, 5) is 10.7. The van der Waals surface area contributed by atoms with Crippen LogP contribution in [0.2, 0.25) is 0 Å². The molecule has 0 fully saturated rings. The minimum Gasteiger partial charge on any atom is -0.491 e. The number of ether oxygens (including phenoxy) is 1. The van der Waals surface area contributed by atoms with Gasteiger partial charge < -0.3 is 16.2 Å². The molecule has 1 amide bonds. The number of carbonyl (C=O) groups excluding carboxylic acids is 1. The van der Waals surface area contributed by atoms with Crippen LogP contribution in [0.25, 0.3) is 0 Å². The predicted octanol–water partition coefficient (Wildman–Crippen LogP) is 0.390. The Labute approximate surface area is 93.4 Å². The summed E-state index contributed by atoms with van der Waals surface area (Å²) >= 11 is 0. The number of carbonyl (C=O) groups is 1. The molecular formula is C11H15FN2O2. The third-order valence-electron chi connectivity index (χ3n) is 2.09. The van der Waals surface area contributed by atoms with Crippen LogP contribution in [0.1, 0.15) is 5.56 Å². The smallest absolute Gasteiger partial charge is 0.234 e. The summed E-state index contributed by atoms with van der Waals surface area (Å²) in [6.45, 7) is -0.478. The molecule has 88 valence electrons. The van der Waals surface area contributed by atoms with Crippen LogP contribution in [-0.2, 0) is 11.2 Å². The van der Waals surface area contributed by atoms with Crippen LogP contribution in [0.4, 0.5) is 4.39 Å². The Morgan fingerprint density at radius 3 is 2.50 bits per heavy atom. The van der Waals surface area contributed by atoms with Gasteiger partial charge in [-0.1, -0.05) is 12.1 Å². The largest absolute Gasteiger partial charge is 0.491 e. The molecule has 0 spiro atoms. The predicted molar refractivity (Wildman–Crippen MR) is 58.8 cm³/mol. The van der Waals surface area contributed by atoms with Crippen LogP contribution in [-0.4, -0.2) is 25.2 Å². The second kappa shape index (κ2) is 6.07. The molecule has 4 nitrogen and oxygen atoms in total. The number of hydrogen-bond donors (Lipinski definition) is 2. The average Bonchev–Trinajstić information content (AvgIpc) is 2.28. The van der Waals surface area contributed by atoms with Crippen LogP contribution in [0.3, 0.4) is 0 Å². The van der Waals surface area contributed by atoms with E-state index in [9.17, 15) is 9.18 Å². The van der Waals surface area contributed by atoms with Gasteiger partial charge in [0.25, 0.3) is 0 Å². The van der Waals surface area contributed by atoms with Crippen molar-refractivity contribution in [2.24, 2.45) is 11.5 Å².